The molecule has 2 aromatic rings. The Morgan fingerprint density at radius 3 is 2.55 bits per heavy atom. The molecule has 0 radical (unpaired) electrons. The van der Waals surface area contributed by atoms with Crippen LogP contribution in [0.3, 0.4) is 0 Å². The summed E-state index contributed by atoms with van der Waals surface area (Å²) >= 11 is 5.87. The second-order valence-corrected chi connectivity index (χ2v) is 7.05. The van der Waals surface area contributed by atoms with Gasteiger partial charge in [0.1, 0.15) is 5.02 Å². The van der Waals surface area contributed by atoms with E-state index in [4.69, 9.17) is 11.6 Å². The fourth-order valence-electron chi connectivity index (χ4n) is 2.39. The Bertz CT molecular complexity index is 946. The molecule has 0 saturated heterocycles. The molecule has 2 N–H and O–H groups in total. The van der Waals surface area contributed by atoms with Crippen LogP contribution in [0.5, 0.6) is 5.88 Å². The molecule has 1 fully saturated rings. The lowest BCUT2D eigenvalue weighted by atomic mass is 10.1. The molecular weight excluding hydrogens is 411 g/mol. The van der Waals surface area contributed by atoms with Gasteiger partial charge in [-0.3, -0.25) is 9.59 Å². The molecule has 1 aliphatic rings. The number of benzene rings is 1. The molecule has 1 saturated carbocycles. The Morgan fingerprint density at radius 2 is 1.93 bits per heavy atom. The van der Waals surface area contributed by atoms with E-state index in [2.05, 4.69) is 20.4 Å². The number of halogens is 4. The molecule has 10 heteroatoms. The lowest BCUT2D eigenvalue weighted by Crippen LogP contribution is -2.25. The van der Waals surface area contributed by atoms with Gasteiger partial charge in [-0.2, -0.15) is 13.2 Å². The van der Waals surface area contributed by atoms with Gasteiger partial charge in [-0.15, -0.1) is 0 Å². The topological polar surface area (TPSA) is 80.3 Å². The Labute approximate surface area is 169 Å². The Kier molecular flexibility index (Phi) is 5.97. The molecule has 0 unspecified atom stereocenters. The third-order valence-corrected chi connectivity index (χ3v) is 4.37. The van der Waals surface area contributed by atoms with E-state index in [1.165, 1.54) is 0 Å². The van der Waals surface area contributed by atoms with Crippen LogP contribution in [0.25, 0.3) is 0 Å². The number of ether oxygens (including phenoxy) is 1. The van der Waals surface area contributed by atoms with Crippen molar-refractivity contribution in [3.8, 4) is 5.88 Å². The molecular formula is C19H17ClF3N3O3. The number of amides is 2. The molecule has 1 heterocycles. The molecule has 29 heavy (non-hydrogen) atoms. The van der Waals surface area contributed by atoms with Crippen LogP contribution in [0.15, 0.2) is 30.5 Å². The van der Waals surface area contributed by atoms with E-state index in [1.807, 2.05) is 0 Å². The highest BCUT2D eigenvalue weighted by Gasteiger charge is 2.29. The molecule has 3 rings (SSSR count). The second kappa shape index (κ2) is 8.28. The summed E-state index contributed by atoms with van der Waals surface area (Å²) in [4.78, 5) is 28.3. The van der Waals surface area contributed by atoms with Gasteiger partial charge in [-0.1, -0.05) is 17.7 Å². The van der Waals surface area contributed by atoms with Crippen LogP contribution in [-0.2, 0) is 0 Å². The zero-order valence-electron chi connectivity index (χ0n) is 15.3. The van der Waals surface area contributed by atoms with Gasteiger partial charge in [-0.05, 0) is 43.5 Å². The minimum Gasteiger partial charge on any atom is -0.467 e. The molecule has 0 spiro atoms. The van der Waals surface area contributed by atoms with E-state index in [0.29, 0.717) is 11.3 Å². The summed E-state index contributed by atoms with van der Waals surface area (Å²) in [5.41, 5.74) is 1.59. The van der Waals surface area contributed by atoms with Gasteiger partial charge in [0.05, 0.1) is 5.56 Å². The maximum atomic E-state index is 12.5. The standard InChI is InChI=1S/C19H17ClF3N3O3/c1-10-2-3-11(16(27)25-13-4-5-13)7-15(10)26-17(28)12-6-14(20)18(24-8-12)29-9-19(21,22)23/h2-3,6-8,13H,4-5,9H2,1H3,(H,25,27)(H,26,28). The van der Waals surface area contributed by atoms with Crippen LogP contribution < -0.4 is 15.4 Å². The van der Waals surface area contributed by atoms with Crippen LogP contribution in [0, 0.1) is 6.92 Å². The van der Waals surface area contributed by atoms with Gasteiger partial charge in [0, 0.05) is 23.5 Å². The van der Waals surface area contributed by atoms with Gasteiger partial charge in [0.15, 0.2) is 6.61 Å². The quantitative estimate of drug-likeness (QED) is 0.726. The first kappa shape index (κ1) is 20.9. The van der Waals surface area contributed by atoms with Gasteiger partial charge < -0.3 is 15.4 Å². The molecule has 1 aromatic carbocycles. The summed E-state index contributed by atoms with van der Waals surface area (Å²) in [5.74, 6) is -1.22. The number of rotatable bonds is 6. The normalized spacial score (nSPS) is 13.7. The van der Waals surface area contributed by atoms with Crippen LogP contribution in [0.2, 0.25) is 5.02 Å². The van der Waals surface area contributed by atoms with Crippen molar-refractivity contribution in [3.05, 3.63) is 52.2 Å². The summed E-state index contributed by atoms with van der Waals surface area (Å²) in [6.45, 7) is 0.220. The summed E-state index contributed by atoms with van der Waals surface area (Å²) in [7, 11) is 0. The number of anilines is 1. The van der Waals surface area contributed by atoms with Crippen molar-refractivity contribution in [2.24, 2.45) is 0 Å². The second-order valence-electron chi connectivity index (χ2n) is 6.65. The van der Waals surface area contributed by atoms with E-state index < -0.39 is 24.6 Å². The number of hydrogen-bond donors (Lipinski definition) is 2. The number of carbonyl (C=O) groups is 2. The van der Waals surface area contributed by atoms with Gasteiger partial charge in [-0.25, -0.2) is 4.98 Å². The number of hydrogen-bond acceptors (Lipinski definition) is 4. The molecule has 0 aliphatic heterocycles. The van der Waals surface area contributed by atoms with Crippen LogP contribution in [0.4, 0.5) is 18.9 Å². The number of alkyl halides is 3. The highest BCUT2D eigenvalue weighted by atomic mass is 35.5. The largest absolute Gasteiger partial charge is 0.467 e. The SMILES string of the molecule is Cc1ccc(C(=O)NC2CC2)cc1NC(=O)c1cnc(OCC(F)(F)F)c(Cl)c1. The third kappa shape index (κ3) is 5.83. The van der Waals surface area contributed by atoms with Gasteiger partial charge >= 0.3 is 6.18 Å². The maximum Gasteiger partial charge on any atom is 0.422 e. The minimum absolute atomic E-state index is 0.0293. The molecule has 6 nitrogen and oxygen atoms in total. The number of carbonyl (C=O) groups excluding carboxylic acids is 2. The lowest BCUT2D eigenvalue weighted by molar-refractivity contribution is -0.154. The molecule has 0 atom stereocenters. The minimum atomic E-state index is -4.53. The fraction of sp³-hybridized carbons (Fsp3) is 0.316. The zero-order valence-corrected chi connectivity index (χ0v) is 16.0. The van der Waals surface area contributed by atoms with Crippen LogP contribution in [0.1, 0.15) is 39.1 Å². The Balaban J connectivity index is 1.71. The molecule has 0 bridgehead atoms. The van der Waals surface area contributed by atoms with Crippen molar-refractivity contribution in [1.82, 2.24) is 10.3 Å². The average Bonchev–Trinajstić information content (AvgIpc) is 3.45. The maximum absolute atomic E-state index is 12.5. The van der Waals surface area contributed by atoms with Crippen molar-refractivity contribution in [3.63, 3.8) is 0 Å². The monoisotopic (exact) mass is 427 g/mol. The van der Waals surface area contributed by atoms with Crippen LogP contribution >= 0.6 is 11.6 Å². The first-order chi connectivity index (χ1) is 13.6. The summed E-state index contributed by atoms with van der Waals surface area (Å²) in [6.07, 6.45) is -1.56. The van der Waals surface area contributed by atoms with Crippen molar-refractivity contribution in [2.75, 3.05) is 11.9 Å². The lowest BCUT2D eigenvalue weighted by Gasteiger charge is -2.12. The van der Waals surface area contributed by atoms with E-state index in [-0.39, 0.29) is 22.5 Å². The van der Waals surface area contributed by atoms with Crippen molar-refractivity contribution < 1.29 is 27.5 Å². The third-order valence-electron chi connectivity index (χ3n) is 4.10. The van der Waals surface area contributed by atoms with Crippen molar-refractivity contribution >= 4 is 29.1 Å². The van der Waals surface area contributed by atoms with E-state index in [9.17, 15) is 22.8 Å². The first-order valence-electron chi connectivity index (χ1n) is 8.70. The van der Waals surface area contributed by atoms with E-state index in [0.717, 1.165) is 30.7 Å². The predicted molar refractivity (Wildman–Crippen MR) is 100 cm³/mol. The summed E-state index contributed by atoms with van der Waals surface area (Å²) < 4.78 is 41.2. The Hall–Kier alpha value is -2.81. The van der Waals surface area contributed by atoms with Gasteiger partial charge in [0.25, 0.3) is 11.8 Å². The smallest absolute Gasteiger partial charge is 0.422 e. The molecule has 1 aromatic heterocycles. The summed E-state index contributed by atoms with van der Waals surface area (Å²) in [5, 5.41) is 5.29. The highest BCUT2D eigenvalue weighted by molar-refractivity contribution is 6.32. The molecule has 2 amide bonds. The van der Waals surface area contributed by atoms with E-state index in [1.54, 1.807) is 25.1 Å². The molecule has 1 aliphatic carbocycles. The number of aryl methyl sites for hydroxylation is 1. The first-order valence-corrected chi connectivity index (χ1v) is 9.08. The summed E-state index contributed by atoms with van der Waals surface area (Å²) in [6, 6.07) is 6.29. The van der Waals surface area contributed by atoms with Gasteiger partial charge in [0.2, 0.25) is 5.88 Å². The highest BCUT2D eigenvalue weighted by Crippen LogP contribution is 2.26. The Morgan fingerprint density at radius 1 is 1.21 bits per heavy atom. The van der Waals surface area contributed by atoms with E-state index >= 15 is 0 Å². The van der Waals surface area contributed by atoms with Crippen molar-refractivity contribution in [2.45, 2.75) is 32.0 Å². The number of pyridine rings is 1. The predicted octanol–water partition coefficient (Wildman–Crippen LogP) is 4.13. The van der Waals surface area contributed by atoms with Crippen LogP contribution in [-0.4, -0.2) is 35.6 Å². The fourth-order valence-corrected chi connectivity index (χ4v) is 2.62. The number of nitrogens with one attached hydrogen (secondary N) is 2. The number of aromatic nitrogens is 1. The number of nitrogens with zero attached hydrogens (tertiary/aromatic N) is 1. The zero-order chi connectivity index (χ0) is 21.2. The molecule has 154 valence electrons. The average molecular weight is 428 g/mol. The van der Waals surface area contributed by atoms with Crippen molar-refractivity contribution in [1.29, 1.82) is 0 Å².